The van der Waals surface area contributed by atoms with Gasteiger partial charge < -0.3 is 10.2 Å². The number of hydrogen-bond acceptors (Lipinski definition) is 3. The molecule has 2 heterocycles. The van der Waals surface area contributed by atoms with E-state index in [9.17, 15) is 4.79 Å². The van der Waals surface area contributed by atoms with E-state index in [0.29, 0.717) is 6.04 Å². The summed E-state index contributed by atoms with van der Waals surface area (Å²) in [5, 5.41) is 4.27. The first-order valence-electron chi connectivity index (χ1n) is 7.14. The molecule has 0 radical (unpaired) electrons. The minimum Gasteiger partial charge on any atom is -0.336 e. The molecule has 110 valence electrons. The second-order valence-corrected chi connectivity index (χ2v) is 6.49. The predicted octanol–water partition coefficient (Wildman–Crippen LogP) is 2.74. The highest BCUT2D eigenvalue weighted by molar-refractivity contribution is 9.10. The maximum Gasteiger partial charge on any atom is 0.254 e. The number of fused-ring (bicyclic) bond motifs is 1. The zero-order valence-corrected chi connectivity index (χ0v) is 13.8. The Labute approximate surface area is 132 Å². The van der Waals surface area contributed by atoms with Gasteiger partial charge in [0.2, 0.25) is 0 Å². The fourth-order valence-electron chi connectivity index (χ4n) is 2.79. The molecule has 4 nitrogen and oxygen atoms in total. The van der Waals surface area contributed by atoms with E-state index in [2.05, 4.69) is 33.2 Å². The van der Waals surface area contributed by atoms with Gasteiger partial charge >= 0.3 is 0 Å². The van der Waals surface area contributed by atoms with Crippen LogP contribution < -0.4 is 5.32 Å². The van der Waals surface area contributed by atoms with Gasteiger partial charge in [-0.1, -0.05) is 15.9 Å². The summed E-state index contributed by atoms with van der Waals surface area (Å²) in [6, 6.07) is 8.10. The maximum absolute atomic E-state index is 12.9. The third kappa shape index (κ3) is 2.94. The Morgan fingerprint density at radius 3 is 3.00 bits per heavy atom. The van der Waals surface area contributed by atoms with Crippen LogP contribution >= 0.6 is 15.9 Å². The molecule has 1 fully saturated rings. The molecule has 0 aliphatic carbocycles. The van der Waals surface area contributed by atoms with Crippen LogP contribution in [0.4, 0.5) is 0 Å². The SMILES string of the molecule is Cc1cc(C(=O)N2CCN[C@H](C)C2)c2cc(Br)ccc2n1. The van der Waals surface area contributed by atoms with Gasteiger partial charge in [0.1, 0.15) is 0 Å². The molecule has 1 aliphatic heterocycles. The van der Waals surface area contributed by atoms with Crippen LogP contribution in [0.15, 0.2) is 28.7 Å². The van der Waals surface area contributed by atoms with Crippen molar-refractivity contribution in [3.8, 4) is 0 Å². The summed E-state index contributed by atoms with van der Waals surface area (Å²) in [6.07, 6.45) is 0. The highest BCUT2D eigenvalue weighted by atomic mass is 79.9. The van der Waals surface area contributed by atoms with Gasteiger partial charge in [-0.3, -0.25) is 9.78 Å². The molecule has 1 N–H and O–H groups in total. The Bertz CT molecular complexity index is 701. The van der Waals surface area contributed by atoms with E-state index in [0.717, 1.165) is 46.3 Å². The lowest BCUT2D eigenvalue weighted by molar-refractivity contribution is 0.0711. The van der Waals surface area contributed by atoms with E-state index in [1.54, 1.807) is 0 Å². The highest BCUT2D eigenvalue weighted by Crippen LogP contribution is 2.24. The lowest BCUT2D eigenvalue weighted by Gasteiger charge is -2.32. The van der Waals surface area contributed by atoms with Crippen molar-refractivity contribution in [3.63, 3.8) is 0 Å². The van der Waals surface area contributed by atoms with Gasteiger partial charge in [0, 0.05) is 41.2 Å². The molecule has 1 aliphatic rings. The highest BCUT2D eigenvalue weighted by Gasteiger charge is 2.23. The number of rotatable bonds is 1. The summed E-state index contributed by atoms with van der Waals surface area (Å²) in [4.78, 5) is 19.3. The summed E-state index contributed by atoms with van der Waals surface area (Å²) >= 11 is 3.48. The molecule has 1 atom stereocenters. The molecular weight excluding hydrogens is 330 g/mol. The second kappa shape index (κ2) is 5.73. The van der Waals surface area contributed by atoms with E-state index in [-0.39, 0.29) is 5.91 Å². The van der Waals surface area contributed by atoms with Crippen molar-refractivity contribution in [1.29, 1.82) is 0 Å². The van der Waals surface area contributed by atoms with Crippen LogP contribution in [0.25, 0.3) is 10.9 Å². The van der Waals surface area contributed by atoms with Crippen LogP contribution in [0.2, 0.25) is 0 Å². The van der Waals surface area contributed by atoms with Crippen molar-refractivity contribution in [2.24, 2.45) is 0 Å². The van der Waals surface area contributed by atoms with Gasteiger partial charge in [0.15, 0.2) is 0 Å². The Morgan fingerprint density at radius 2 is 2.24 bits per heavy atom. The lowest BCUT2D eigenvalue weighted by Crippen LogP contribution is -2.51. The third-order valence-electron chi connectivity index (χ3n) is 3.79. The number of aromatic nitrogens is 1. The molecule has 3 rings (SSSR count). The molecule has 0 saturated carbocycles. The molecule has 0 bridgehead atoms. The standard InChI is InChI=1S/C16H18BrN3O/c1-10-7-14(13-8-12(17)3-4-15(13)19-10)16(21)20-6-5-18-11(2)9-20/h3-4,7-8,11,18H,5-6,9H2,1-2H3/t11-/m1/s1. The minimum atomic E-state index is 0.0944. The summed E-state index contributed by atoms with van der Waals surface area (Å²) in [6.45, 7) is 6.37. The smallest absolute Gasteiger partial charge is 0.254 e. The Morgan fingerprint density at radius 1 is 1.43 bits per heavy atom. The molecule has 5 heteroatoms. The number of benzene rings is 1. The van der Waals surface area contributed by atoms with Gasteiger partial charge in [-0.2, -0.15) is 0 Å². The monoisotopic (exact) mass is 347 g/mol. The number of nitrogens with one attached hydrogen (secondary N) is 1. The summed E-state index contributed by atoms with van der Waals surface area (Å²) in [7, 11) is 0. The van der Waals surface area contributed by atoms with Crippen LogP contribution in [0.1, 0.15) is 23.0 Å². The van der Waals surface area contributed by atoms with E-state index >= 15 is 0 Å². The van der Waals surface area contributed by atoms with Gasteiger partial charge in [0.05, 0.1) is 11.1 Å². The fourth-order valence-corrected chi connectivity index (χ4v) is 3.16. The number of aryl methyl sites for hydroxylation is 1. The predicted molar refractivity (Wildman–Crippen MR) is 87.5 cm³/mol. The van der Waals surface area contributed by atoms with E-state index in [1.807, 2.05) is 36.1 Å². The first-order valence-corrected chi connectivity index (χ1v) is 7.93. The molecule has 0 spiro atoms. The number of nitrogens with zero attached hydrogens (tertiary/aromatic N) is 2. The van der Waals surface area contributed by atoms with Crippen molar-refractivity contribution >= 4 is 32.7 Å². The van der Waals surface area contributed by atoms with E-state index < -0.39 is 0 Å². The zero-order valence-electron chi connectivity index (χ0n) is 12.2. The largest absolute Gasteiger partial charge is 0.336 e. The van der Waals surface area contributed by atoms with Crippen molar-refractivity contribution in [2.45, 2.75) is 19.9 Å². The number of amides is 1. The number of halogens is 1. The first kappa shape index (κ1) is 14.5. The fraction of sp³-hybridized carbons (Fsp3) is 0.375. The molecule has 21 heavy (non-hydrogen) atoms. The van der Waals surface area contributed by atoms with Crippen molar-refractivity contribution in [2.75, 3.05) is 19.6 Å². The van der Waals surface area contributed by atoms with Crippen molar-refractivity contribution in [1.82, 2.24) is 15.2 Å². The second-order valence-electron chi connectivity index (χ2n) is 5.58. The molecule has 1 aromatic carbocycles. The quantitative estimate of drug-likeness (QED) is 0.862. The zero-order chi connectivity index (χ0) is 15.0. The molecule has 1 aromatic heterocycles. The Balaban J connectivity index is 2.06. The van der Waals surface area contributed by atoms with Crippen LogP contribution in [-0.4, -0.2) is 41.5 Å². The first-order chi connectivity index (χ1) is 10.0. The summed E-state index contributed by atoms with van der Waals surface area (Å²) < 4.78 is 0.961. The molecular formula is C16H18BrN3O. The van der Waals surface area contributed by atoms with E-state index in [1.165, 1.54) is 0 Å². The van der Waals surface area contributed by atoms with Crippen LogP contribution in [0.5, 0.6) is 0 Å². The van der Waals surface area contributed by atoms with Gasteiger partial charge in [-0.25, -0.2) is 0 Å². The minimum absolute atomic E-state index is 0.0944. The van der Waals surface area contributed by atoms with Crippen LogP contribution in [0.3, 0.4) is 0 Å². The van der Waals surface area contributed by atoms with E-state index in [4.69, 9.17) is 0 Å². The Kier molecular flexibility index (Phi) is 3.95. The number of carbonyl (C=O) groups excluding carboxylic acids is 1. The van der Waals surface area contributed by atoms with Gasteiger partial charge in [-0.05, 0) is 38.1 Å². The number of hydrogen-bond donors (Lipinski definition) is 1. The average Bonchev–Trinajstić information content (AvgIpc) is 2.46. The maximum atomic E-state index is 12.9. The number of pyridine rings is 1. The number of piperazine rings is 1. The summed E-state index contributed by atoms with van der Waals surface area (Å²) in [5.74, 6) is 0.0944. The normalized spacial score (nSPS) is 19.0. The van der Waals surface area contributed by atoms with Crippen molar-refractivity contribution in [3.05, 3.63) is 40.0 Å². The van der Waals surface area contributed by atoms with Crippen LogP contribution in [-0.2, 0) is 0 Å². The molecule has 0 unspecified atom stereocenters. The third-order valence-corrected chi connectivity index (χ3v) is 4.28. The average molecular weight is 348 g/mol. The van der Waals surface area contributed by atoms with Crippen molar-refractivity contribution < 1.29 is 4.79 Å². The van der Waals surface area contributed by atoms with Gasteiger partial charge in [-0.15, -0.1) is 0 Å². The molecule has 2 aromatic rings. The lowest BCUT2D eigenvalue weighted by atomic mass is 10.1. The topological polar surface area (TPSA) is 45.2 Å². The molecule has 1 saturated heterocycles. The van der Waals surface area contributed by atoms with Crippen LogP contribution in [0, 0.1) is 6.92 Å². The summed E-state index contributed by atoms with van der Waals surface area (Å²) in [5.41, 5.74) is 2.48. The van der Waals surface area contributed by atoms with Gasteiger partial charge in [0.25, 0.3) is 5.91 Å². The number of carbonyl (C=O) groups is 1. The Hall–Kier alpha value is -1.46. The molecule has 1 amide bonds.